The van der Waals surface area contributed by atoms with Gasteiger partial charge in [0, 0.05) is 12.0 Å². The maximum Gasteiger partial charge on any atom is 0.310 e. The smallest absolute Gasteiger partial charge is 0.310 e. The van der Waals surface area contributed by atoms with Crippen molar-refractivity contribution < 1.29 is 29.6 Å². The summed E-state index contributed by atoms with van der Waals surface area (Å²) >= 11 is 0. The van der Waals surface area contributed by atoms with Crippen LogP contribution in [0.2, 0.25) is 0 Å². The highest BCUT2D eigenvalue weighted by atomic mass is 16.7. The molecule has 0 aromatic carbocycles. The molecule has 5 aliphatic carbocycles. The summed E-state index contributed by atoms with van der Waals surface area (Å²) in [5.74, 6) is -0.567. The molecule has 5 fully saturated rings. The van der Waals surface area contributed by atoms with Gasteiger partial charge in [-0.1, -0.05) is 46.3 Å². The number of rotatable bonds is 2. The van der Waals surface area contributed by atoms with Gasteiger partial charge in [-0.3, -0.25) is 4.79 Å². The van der Waals surface area contributed by atoms with Gasteiger partial charge in [0.1, 0.15) is 0 Å². The van der Waals surface area contributed by atoms with E-state index in [1.54, 1.807) is 0 Å². The molecule has 6 heteroatoms. The maximum atomic E-state index is 12.9. The largest absolute Gasteiger partial charge is 0.481 e. The average molecular weight is 545 g/mol. The zero-order valence-electron chi connectivity index (χ0n) is 25.3. The Kier molecular flexibility index (Phi) is 6.02. The highest BCUT2D eigenvalue weighted by Crippen LogP contribution is 2.76. The molecule has 220 valence electrons. The van der Waals surface area contributed by atoms with Crippen molar-refractivity contribution in [2.45, 2.75) is 124 Å². The van der Waals surface area contributed by atoms with Gasteiger partial charge in [0.15, 0.2) is 5.79 Å². The normalized spacial score (nSPS) is 56.1. The van der Waals surface area contributed by atoms with Crippen LogP contribution in [0, 0.1) is 50.2 Å². The second-order valence-corrected chi connectivity index (χ2v) is 16.5. The molecule has 1 aliphatic heterocycles. The number of aliphatic carboxylic acids is 1. The van der Waals surface area contributed by atoms with Crippen molar-refractivity contribution in [3.05, 3.63) is 11.6 Å². The molecule has 4 saturated carbocycles. The van der Waals surface area contributed by atoms with Crippen LogP contribution in [0.15, 0.2) is 11.6 Å². The van der Waals surface area contributed by atoms with Crippen LogP contribution in [0.4, 0.5) is 0 Å². The minimum Gasteiger partial charge on any atom is -0.481 e. The van der Waals surface area contributed by atoms with E-state index in [1.165, 1.54) is 5.57 Å². The Morgan fingerprint density at radius 1 is 0.949 bits per heavy atom. The number of hydrogen-bond donors (Lipinski definition) is 3. The molecule has 1 saturated heterocycles. The third-order valence-corrected chi connectivity index (χ3v) is 14.2. The van der Waals surface area contributed by atoms with Crippen LogP contribution in [0.25, 0.3) is 0 Å². The monoisotopic (exact) mass is 544 g/mol. The maximum absolute atomic E-state index is 12.9. The van der Waals surface area contributed by atoms with Gasteiger partial charge in [-0.25, -0.2) is 0 Å². The molecule has 0 aromatic rings. The summed E-state index contributed by atoms with van der Waals surface area (Å²) in [4.78, 5) is 12.9. The molecule has 0 radical (unpaired) electrons. The van der Waals surface area contributed by atoms with E-state index >= 15 is 0 Å². The molecule has 0 aromatic heterocycles. The Bertz CT molecular complexity index is 1080. The number of carbonyl (C=O) groups is 1. The second kappa shape index (κ2) is 8.33. The van der Waals surface area contributed by atoms with Gasteiger partial charge in [-0.15, -0.1) is 0 Å². The van der Waals surface area contributed by atoms with Crippen molar-refractivity contribution in [2.75, 3.05) is 13.2 Å². The molecule has 0 bridgehead atoms. The Labute approximate surface area is 234 Å². The van der Waals surface area contributed by atoms with Gasteiger partial charge in [-0.2, -0.15) is 0 Å². The molecule has 11 atom stereocenters. The Hall–Kier alpha value is -0.950. The number of carboxylic acid groups (broad SMARTS) is 1. The Morgan fingerprint density at radius 3 is 2.31 bits per heavy atom. The van der Waals surface area contributed by atoms with Crippen molar-refractivity contribution in [1.29, 1.82) is 0 Å². The lowest BCUT2D eigenvalue weighted by atomic mass is 9.33. The molecular weight excluding hydrogens is 492 g/mol. The van der Waals surface area contributed by atoms with Gasteiger partial charge in [-0.05, 0) is 111 Å². The minimum atomic E-state index is -0.713. The van der Waals surface area contributed by atoms with E-state index in [9.17, 15) is 20.1 Å². The molecule has 3 N–H and O–H groups in total. The highest BCUT2D eigenvalue weighted by molar-refractivity contribution is 5.76. The lowest BCUT2D eigenvalue weighted by molar-refractivity contribution is -0.368. The summed E-state index contributed by atoms with van der Waals surface area (Å²) in [6, 6.07) is 0. The number of fused-ring (bicyclic) bond motifs is 9. The topological polar surface area (TPSA) is 96.2 Å². The van der Waals surface area contributed by atoms with Crippen LogP contribution < -0.4 is 0 Å². The summed E-state index contributed by atoms with van der Waals surface area (Å²) in [6.07, 6.45) is 9.30. The van der Waals surface area contributed by atoms with Crippen molar-refractivity contribution in [3.8, 4) is 0 Å². The fraction of sp³-hybridized carbons (Fsp3) is 0.909. The van der Waals surface area contributed by atoms with Crippen molar-refractivity contribution in [2.24, 2.45) is 50.2 Å². The molecule has 0 spiro atoms. The number of aliphatic hydroxyl groups is 2. The van der Waals surface area contributed by atoms with E-state index in [0.717, 1.165) is 44.9 Å². The van der Waals surface area contributed by atoms with Crippen LogP contribution in [0.3, 0.4) is 0 Å². The third kappa shape index (κ3) is 3.50. The molecule has 6 rings (SSSR count). The Morgan fingerprint density at radius 2 is 1.64 bits per heavy atom. The van der Waals surface area contributed by atoms with E-state index < -0.39 is 23.3 Å². The zero-order chi connectivity index (χ0) is 28.4. The van der Waals surface area contributed by atoms with Crippen LogP contribution in [-0.4, -0.2) is 52.5 Å². The summed E-state index contributed by atoms with van der Waals surface area (Å²) < 4.78 is 12.7. The number of aliphatic hydroxyl groups excluding tert-OH is 2. The first-order valence-corrected chi connectivity index (χ1v) is 15.6. The summed E-state index contributed by atoms with van der Waals surface area (Å²) in [6.45, 7) is 16.4. The summed E-state index contributed by atoms with van der Waals surface area (Å²) in [7, 11) is 0. The molecule has 0 amide bonds. The lowest BCUT2D eigenvalue weighted by Gasteiger charge is -2.72. The Balaban J connectivity index is 1.41. The third-order valence-electron chi connectivity index (χ3n) is 14.2. The van der Waals surface area contributed by atoms with Gasteiger partial charge < -0.3 is 24.8 Å². The fourth-order valence-corrected chi connectivity index (χ4v) is 11.7. The van der Waals surface area contributed by atoms with Gasteiger partial charge in [0.25, 0.3) is 0 Å². The van der Waals surface area contributed by atoms with Gasteiger partial charge in [0.2, 0.25) is 0 Å². The van der Waals surface area contributed by atoms with Crippen molar-refractivity contribution in [3.63, 3.8) is 0 Å². The van der Waals surface area contributed by atoms with E-state index in [-0.39, 0.29) is 45.7 Å². The van der Waals surface area contributed by atoms with Crippen molar-refractivity contribution >= 4 is 5.97 Å². The summed E-state index contributed by atoms with van der Waals surface area (Å²) in [5, 5.41) is 32.5. The average Bonchev–Trinajstić information content (AvgIpc) is 2.85. The van der Waals surface area contributed by atoms with E-state index in [1.807, 2.05) is 13.8 Å². The highest BCUT2D eigenvalue weighted by Gasteiger charge is 2.71. The fourth-order valence-electron chi connectivity index (χ4n) is 11.7. The first kappa shape index (κ1) is 28.2. The zero-order valence-corrected chi connectivity index (χ0v) is 25.3. The molecule has 39 heavy (non-hydrogen) atoms. The number of hydrogen-bond acceptors (Lipinski definition) is 5. The van der Waals surface area contributed by atoms with Gasteiger partial charge >= 0.3 is 5.97 Å². The molecule has 1 heterocycles. The molecular formula is C33H52O6. The van der Waals surface area contributed by atoms with E-state index in [4.69, 9.17) is 9.47 Å². The van der Waals surface area contributed by atoms with E-state index in [2.05, 4.69) is 40.7 Å². The standard InChI is InChI=1S/C33H52O6/c1-27(2)38-19-30(5)23-10-11-32(7)24(29(23,4)17-22(35)25(30)39-27)9-8-20-21-16-28(3,18-34)12-14-33(21,26(36)37)15-13-31(20,32)6/h8,21-25,34-35H,9-19H2,1-7H3,(H,36,37). The van der Waals surface area contributed by atoms with Crippen molar-refractivity contribution in [1.82, 2.24) is 0 Å². The van der Waals surface area contributed by atoms with Crippen LogP contribution in [0.1, 0.15) is 106 Å². The first-order chi connectivity index (χ1) is 18.0. The van der Waals surface area contributed by atoms with Crippen LogP contribution in [-0.2, 0) is 14.3 Å². The van der Waals surface area contributed by atoms with Crippen LogP contribution >= 0.6 is 0 Å². The number of allylic oxidation sites excluding steroid dienone is 2. The van der Waals surface area contributed by atoms with E-state index in [0.29, 0.717) is 31.3 Å². The quantitative estimate of drug-likeness (QED) is 0.372. The SMILES string of the molecule is CC1(CO)CCC2(C(=O)O)CCC3(C)C(=CCC4C5(C)CC(O)C6OC(C)(C)OCC6(C)C5CCC43C)C2C1. The van der Waals surface area contributed by atoms with Gasteiger partial charge in [0.05, 0.1) is 24.2 Å². The molecule has 11 unspecified atom stereocenters. The first-order valence-electron chi connectivity index (χ1n) is 15.6. The molecule has 6 nitrogen and oxygen atoms in total. The number of ether oxygens (including phenoxy) is 2. The lowest BCUT2D eigenvalue weighted by Crippen LogP contribution is -2.70. The predicted octanol–water partition coefficient (Wildman–Crippen LogP) is 5.95. The predicted molar refractivity (Wildman–Crippen MR) is 149 cm³/mol. The summed E-state index contributed by atoms with van der Waals surface area (Å²) in [5.41, 5.74) is 0.0360. The van der Waals surface area contributed by atoms with Crippen LogP contribution in [0.5, 0.6) is 0 Å². The second-order valence-electron chi connectivity index (χ2n) is 16.5. The number of carboxylic acids is 1. The molecule has 6 aliphatic rings. The minimum absolute atomic E-state index is 0.0125.